The summed E-state index contributed by atoms with van der Waals surface area (Å²) in [6, 6.07) is 4.27. The molecule has 0 aliphatic rings. The summed E-state index contributed by atoms with van der Waals surface area (Å²) in [5.41, 5.74) is 0.714. The zero-order valence-electron chi connectivity index (χ0n) is 7.40. The molecule has 0 aliphatic carbocycles. The number of hydrogen-bond donors (Lipinski definition) is 0. The highest BCUT2D eigenvalue weighted by Gasteiger charge is 2.05. The fourth-order valence-electron chi connectivity index (χ4n) is 1.07. The number of hydrogen-bond acceptors (Lipinski definition) is 1. The van der Waals surface area contributed by atoms with Crippen LogP contribution in [-0.4, -0.2) is 11.7 Å². The molecule has 0 saturated heterocycles. The third-order valence-corrected chi connectivity index (χ3v) is 2.24. The van der Waals surface area contributed by atoms with E-state index < -0.39 is 5.82 Å². The molecular formula is C10H9Cl2FO. The molecule has 0 radical (unpaired) electrons. The maximum Gasteiger partial charge on any atom is 0.141 e. The van der Waals surface area contributed by atoms with Crippen molar-refractivity contribution in [1.29, 1.82) is 0 Å². The molecule has 0 bridgehead atoms. The fraction of sp³-hybridized carbons (Fsp3) is 0.300. The summed E-state index contributed by atoms with van der Waals surface area (Å²) in [5, 5.41) is 0.0428. The van der Waals surface area contributed by atoms with Crippen molar-refractivity contribution in [2.75, 3.05) is 5.88 Å². The van der Waals surface area contributed by atoms with Crippen LogP contribution in [0.25, 0.3) is 0 Å². The van der Waals surface area contributed by atoms with E-state index in [1.165, 1.54) is 12.1 Å². The van der Waals surface area contributed by atoms with Crippen LogP contribution >= 0.6 is 23.2 Å². The van der Waals surface area contributed by atoms with Crippen molar-refractivity contribution in [3.63, 3.8) is 0 Å². The summed E-state index contributed by atoms with van der Waals surface area (Å²) in [4.78, 5) is 11.2. The summed E-state index contributed by atoms with van der Waals surface area (Å²) >= 11 is 11.0. The molecule has 1 rings (SSSR count). The predicted octanol–water partition coefficient (Wildman–Crippen LogP) is 3.22. The number of carbonyl (C=O) groups excluding carboxylic acids is 1. The van der Waals surface area contributed by atoms with Crippen LogP contribution in [0.5, 0.6) is 0 Å². The lowest BCUT2D eigenvalue weighted by atomic mass is 10.1. The second kappa shape index (κ2) is 5.32. The molecule has 1 aromatic rings. The third-order valence-electron chi connectivity index (χ3n) is 1.76. The SMILES string of the molecule is O=C(CCCl)Cc1ccc(F)c(Cl)c1. The van der Waals surface area contributed by atoms with Gasteiger partial charge in [-0.1, -0.05) is 17.7 Å². The highest BCUT2D eigenvalue weighted by Crippen LogP contribution is 2.16. The van der Waals surface area contributed by atoms with Gasteiger partial charge in [0.1, 0.15) is 11.6 Å². The number of rotatable bonds is 4. The smallest absolute Gasteiger partial charge is 0.141 e. The van der Waals surface area contributed by atoms with Gasteiger partial charge in [-0.3, -0.25) is 4.79 Å². The Balaban J connectivity index is 2.68. The van der Waals surface area contributed by atoms with Crippen molar-refractivity contribution in [3.05, 3.63) is 34.6 Å². The number of halogens is 3. The Labute approximate surface area is 91.8 Å². The first-order valence-corrected chi connectivity index (χ1v) is 5.06. The minimum Gasteiger partial charge on any atom is -0.299 e. The first-order chi connectivity index (χ1) is 6.63. The standard InChI is InChI=1S/C10H9Cl2FO/c11-4-3-8(14)5-7-1-2-10(13)9(12)6-7/h1-2,6H,3-5H2. The maximum atomic E-state index is 12.7. The van der Waals surface area contributed by atoms with Crippen molar-refractivity contribution in [2.45, 2.75) is 12.8 Å². The van der Waals surface area contributed by atoms with Gasteiger partial charge in [0.15, 0.2) is 0 Å². The van der Waals surface area contributed by atoms with Crippen molar-refractivity contribution in [2.24, 2.45) is 0 Å². The third kappa shape index (κ3) is 3.28. The molecule has 0 heterocycles. The van der Waals surface area contributed by atoms with E-state index in [-0.39, 0.29) is 17.2 Å². The molecule has 76 valence electrons. The molecule has 4 heteroatoms. The Morgan fingerprint density at radius 1 is 1.43 bits per heavy atom. The maximum absolute atomic E-state index is 12.7. The molecule has 0 saturated carbocycles. The number of ketones is 1. The zero-order valence-corrected chi connectivity index (χ0v) is 8.91. The van der Waals surface area contributed by atoms with Crippen molar-refractivity contribution in [3.8, 4) is 0 Å². The minimum absolute atomic E-state index is 0.0303. The predicted molar refractivity (Wildman–Crippen MR) is 55.5 cm³/mol. The highest BCUT2D eigenvalue weighted by atomic mass is 35.5. The second-order valence-corrected chi connectivity index (χ2v) is 3.69. The van der Waals surface area contributed by atoms with Crippen molar-refractivity contribution in [1.82, 2.24) is 0 Å². The molecule has 1 aromatic carbocycles. The van der Waals surface area contributed by atoms with Crippen molar-refractivity contribution >= 4 is 29.0 Å². The van der Waals surface area contributed by atoms with Gasteiger partial charge in [0.05, 0.1) is 5.02 Å². The molecule has 0 amide bonds. The Morgan fingerprint density at radius 3 is 2.71 bits per heavy atom. The van der Waals surface area contributed by atoms with E-state index in [1.54, 1.807) is 6.07 Å². The molecular weight excluding hydrogens is 226 g/mol. The molecule has 1 nitrogen and oxygen atoms in total. The number of benzene rings is 1. The van der Waals surface area contributed by atoms with Gasteiger partial charge in [-0.2, -0.15) is 0 Å². The quantitative estimate of drug-likeness (QED) is 0.732. The average Bonchev–Trinajstić information content (AvgIpc) is 2.12. The average molecular weight is 235 g/mol. The van der Waals surface area contributed by atoms with Crippen LogP contribution in [-0.2, 0) is 11.2 Å². The highest BCUT2D eigenvalue weighted by molar-refractivity contribution is 6.30. The summed E-state index contributed by atoms with van der Waals surface area (Å²) in [5.74, 6) is -0.129. The van der Waals surface area contributed by atoms with Gasteiger partial charge in [-0.15, -0.1) is 11.6 Å². The lowest BCUT2D eigenvalue weighted by Gasteiger charge is -2.00. The Morgan fingerprint density at radius 2 is 2.14 bits per heavy atom. The molecule has 0 atom stereocenters. The van der Waals surface area contributed by atoms with Gasteiger partial charge >= 0.3 is 0 Å². The van der Waals surface area contributed by atoms with Gasteiger partial charge in [-0.25, -0.2) is 4.39 Å². The van der Waals surface area contributed by atoms with E-state index in [2.05, 4.69) is 0 Å². The molecule has 0 aromatic heterocycles. The lowest BCUT2D eigenvalue weighted by molar-refractivity contribution is -0.118. The summed E-state index contributed by atoms with van der Waals surface area (Å²) < 4.78 is 12.7. The normalized spacial score (nSPS) is 10.2. The van der Waals surface area contributed by atoms with Gasteiger partial charge < -0.3 is 0 Å². The van der Waals surface area contributed by atoms with Crippen LogP contribution in [0.2, 0.25) is 5.02 Å². The first-order valence-electron chi connectivity index (χ1n) is 4.15. The second-order valence-electron chi connectivity index (χ2n) is 2.90. The van der Waals surface area contributed by atoms with Crippen LogP contribution in [0, 0.1) is 5.82 Å². The van der Waals surface area contributed by atoms with Gasteiger partial charge in [0.25, 0.3) is 0 Å². The Bertz CT molecular complexity index is 339. The largest absolute Gasteiger partial charge is 0.299 e. The molecule has 0 aliphatic heterocycles. The van der Waals surface area contributed by atoms with E-state index in [1.807, 2.05) is 0 Å². The van der Waals surface area contributed by atoms with Gasteiger partial charge in [0, 0.05) is 18.7 Å². The topological polar surface area (TPSA) is 17.1 Å². The zero-order chi connectivity index (χ0) is 10.6. The van der Waals surface area contributed by atoms with Crippen LogP contribution in [0.4, 0.5) is 4.39 Å². The van der Waals surface area contributed by atoms with E-state index in [4.69, 9.17) is 23.2 Å². The molecule has 0 spiro atoms. The van der Waals surface area contributed by atoms with Crippen LogP contribution < -0.4 is 0 Å². The summed E-state index contributed by atoms with van der Waals surface area (Å²) in [7, 11) is 0. The summed E-state index contributed by atoms with van der Waals surface area (Å²) in [6.45, 7) is 0. The summed E-state index contributed by atoms with van der Waals surface area (Å²) in [6.07, 6.45) is 0.587. The van der Waals surface area contributed by atoms with E-state index in [9.17, 15) is 9.18 Å². The molecule has 14 heavy (non-hydrogen) atoms. The van der Waals surface area contributed by atoms with Gasteiger partial charge in [0.2, 0.25) is 0 Å². The molecule has 0 unspecified atom stereocenters. The van der Waals surface area contributed by atoms with Crippen LogP contribution in [0.3, 0.4) is 0 Å². The number of carbonyl (C=O) groups is 1. The monoisotopic (exact) mass is 234 g/mol. The van der Waals surface area contributed by atoms with E-state index in [0.717, 1.165) is 0 Å². The van der Waals surface area contributed by atoms with Crippen LogP contribution in [0.15, 0.2) is 18.2 Å². The van der Waals surface area contributed by atoms with Gasteiger partial charge in [-0.05, 0) is 17.7 Å². The fourth-order valence-corrected chi connectivity index (χ4v) is 1.48. The number of Topliss-reactive ketones (excluding diaryl/α,β-unsaturated/α-hetero) is 1. The van der Waals surface area contributed by atoms with E-state index in [0.29, 0.717) is 17.9 Å². The molecule has 0 N–H and O–H groups in total. The van der Waals surface area contributed by atoms with E-state index >= 15 is 0 Å². The van der Waals surface area contributed by atoms with Crippen molar-refractivity contribution < 1.29 is 9.18 Å². The Kier molecular flexibility index (Phi) is 4.36. The van der Waals surface area contributed by atoms with Crippen LogP contribution in [0.1, 0.15) is 12.0 Å². The minimum atomic E-state index is -0.472. The molecule has 0 fully saturated rings. The lowest BCUT2D eigenvalue weighted by Crippen LogP contribution is -2.03. The Hall–Kier alpha value is -0.600. The first kappa shape index (κ1) is 11.5. The number of alkyl halides is 1.